The number of hydrogen-bond donors (Lipinski definition) is 3. The molecule has 6 nitrogen and oxygen atoms in total. The van der Waals surface area contributed by atoms with Crippen molar-refractivity contribution in [3.63, 3.8) is 0 Å². The summed E-state index contributed by atoms with van der Waals surface area (Å²) >= 11 is 0. The third-order valence-corrected chi connectivity index (χ3v) is 4.39. The molecule has 0 spiro atoms. The van der Waals surface area contributed by atoms with Gasteiger partial charge >= 0.3 is 0 Å². The SMILES string of the molecule is Nc1cc(-c2cc(C3(c4cccnc4)CCC3)[nH]n2)[nH]n1. The zero-order chi connectivity index (χ0) is 14.3. The molecule has 3 heterocycles. The second-order valence-corrected chi connectivity index (χ2v) is 5.55. The number of rotatable bonds is 3. The van der Waals surface area contributed by atoms with Crippen LogP contribution in [0, 0.1) is 0 Å². The van der Waals surface area contributed by atoms with E-state index in [0.717, 1.165) is 29.9 Å². The van der Waals surface area contributed by atoms with Gasteiger partial charge in [0.2, 0.25) is 0 Å². The summed E-state index contributed by atoms with van der Waals surface area (Å²) in [5.41, 5.74) is 9.71. The van der Waals surface area contributed by atoms with Crippen molar-refractivity contribution in [3.8, 4) is 11.4 Å². The van der Waals surface area contributed by atoms with Crippen LogP contribution < -0.4 is 5.73 Å². The number of pyridine rings is 1. The first-order valence-electron chi connectivity index (χ1n) is 7.06. The maximum atomic E-state index is 5.65. The highest BCUT2D eigenvalue weighted by atomic mass is 15.2. The largest absolute Gasteiger partial charge is 0.382 e. The monoisotopic (exact) mass is 280 g/mol. The Morgan fingerprint density at radius 1 is 1.14 bits per heavy atom. The van der Waals surface area contributed by atoms with Crippen molar-refractivity contribution in [1.82, 2.24) is 25.4 Å². The Morgan fingerprint density at radius 3 is 2.67 bits per heavy atom. The van der Waals surface area contributed by atoms with Crippen LogP contribution >= 0.6 is 0 Å². The standard InChI is InChI=1S/C15H16N6/c16-14-8-12(19-21-14)11-7-13(20-18-11)15(4-2-5-15)10-3-1-6-17-9-10/h1,3,6-9H,2,4-5H2,(H,18,20)(H3,16,19,21). The van der Waals surface area contributed by atoms with Gasteiger partial charge in [-0.05, 0) is 30.5 Å². The molecule has 3 aromatic rings. The van der Waals surface area contributed by atoms with Crippen LogP contribution in [0.3, 0.4) is 0 Å². The van der Waals surface area contributed by atoms with Crippen molar-refractivity contribution in [3.05, 3.63) is 47.9 Å². The summed E-state index contributed by atoms with van der Waals surface area (Å²) < 4.78 is 0. The maximum Gasteiger partial charge on any atom is 0.145 e. The van der Waals surface area contributed by atoms with Gasteiger partial charge < -0.3 is 5.73 Å². The third kappa shape index (κ3) is 1.83. The molecule has 106 valence electrons. The fourth-order valence-electron chi connectivity index (χ4n) is 3.06. The summed E-state index contributed by atoms with van der Waals surface area (Å²) in [6.45, 7) is 0. The topological polar surface area (TPSA) is 96.3 Å². The number of anilines is 1. The van der Waals surface area contributed by atoms with E-state index in [1.54, 1.807) is 6.07 Å². The number of H-pyrrole nitrogens is 2. The van der Waals surface area contributed by atoms with Crippen LogP contribution in [0.2, 0.25) is 0 Å². The van der Waals surface area contributed by atoms with Gasteiger partial charge in [-0.2, -0.15) is 10.2 Å². The van der Waals surface area contributed by atoms with Crippen LogP contribution in [0.4, 0.5) is 5.82 Å². The van der Waals surface area contributed by atoms with Crippen LogP contribution in [-0.2, 0) is 5.41 Å². The van der Waals surface area contributed by atoms with Crippen LogP contribution in [0.25, 0.3) is 11.4 Å². The van der Waals surface area contributed by atoms with Gasteiger partial charge in [-0.15, -0.1) is 0 Å². The highest BCUT2D eigenvalue weighted by molar-refractivity contribution is 5.59. The molecule has 21 heavy (non-hydrogen) atoms. The van der Waals surface area contributed by atoms with Crippen molar-refractivity contribution in [2.24, 2.45) is 0 Å². The number of hydrogen-bond acceptors (Lipinski definition) is 4. The highest BCUT2D eigenvalue weighted by Crippen LogP contribution is 2.48. The van der Waals surface area contributed by atoms with Crippen molar-refractivity contribution < 1.29 is 0 Å². The molecule has 0 unspecified atom stereocenters. The van der Waals surface area contributed by atoms with E-state index in [1.165, 1.54) is 12.0 Å². The van der Waals surface area contributed by atoms with Crippen molar-refractivity contribution in [2.75, 3.05) is 5.73 Å². The summed E-state index contributed by atoms with van der Waals surface area (Å²) in [6.07, 6.45) is 7.21. The molecule has 1 fully saturated rings. The Hall–Kier alpha value is -2.63. The van der Waals surface area contributed by atoms with Crippen molar-refractivity contribution in [1.29, 1.82) is 0 Å². The van der Waals surface area contributed by atoms with E-state index in [0.29, 0.717) is 5.82 Å². The first-order chi connectivity index (χ1) is 10.3. The predicted octanol–water partition coefficient (Wildman–Crippen LogP) is 2.25. The summed E-state index contributed by atoms with van der Waals surface area (Å²) in [7, 11) is 0. The molecular weight excluding hydrogens is 264 g/mol. The average Bonchev–Trinajstić information content (AvgIpc) is 3.08. The van der Waals surface area contributed by atoms with E-state index in [1.807, 2.05) is 18.5 Å². The lowest BCUT2D eigenvalue weighted by Gasteiger charge is -2.41. The Kier molecular flexibility index (Phi) is 2.57. The molecule has 0 saturated heterocycles. The second kappa shape index (κ2) is 4.44. The van der Waals surface area contributed by atoms with Crippen LogP contribution in [0.15, 0.2) is 36.7 Å². The molecule has 4 N–H and O–H groups in total. The molecule has 1 saturated carbocycles. The van der Waals surface area contributed by atoms with Gasteiger partial charge in [-0.1, -0.05) is 12.5 Å². The quantitative estimate of drug-likeness (QED) is 0.685. The van der Waals surface area contributed by atoms with E-state index in [2.05, 4.69) is 37.5 Å². The first kappa shape index (κ1) is 12.1. The minimum Gasteiger partial charge on any atom is -0.382 e. The Morgan fingerprint density at radius 2 is 2.05 bits per heavy atom. The molecular formula is C15H16N6. The lowest BCUT2D eigenvalue weighted by molar-refractivity contribution is 0.292. The molecule has 0 atom stereocenters. The number of nitrogens with one attached hydrogen (secondary N) is 2. The fraction of sp³-hybridized carbons (Fsp3) is 0.267. The molecule has 0 aromatic carbocycles. The maximum absolute atomic E-state index is 5.65. The van der Waals surface area contributed by atoms with E-state index in [9.17, 15) is 0 Å². The zero-order valence-electron chi connectivity index (χ0n) is 11.5. The number of nitrogen functional groups attached to an aromatic ring is 1. The summed E-state index contributed by atoms with van der Waals surface area (Å²) in [5, 5.41) is 14.4. The minimum absolute atomic E-state index is 0.0189. The van der Waals surface area contributed by atoms with Crippen LogP contribution in [0.5, 0.6) is 0 Å². The van der Waals surface area contributed by atoms with Crippen LogP contribution in [-0.4, -0.2) is 25.4 Å². The zero-order valence-corrected chi connectivity index (χ0v) is 11.5. The van der Waals surface area contributed by atoms with Crippen molar-refractivity contribution in [2.45, 2.75) is 24.7 Å². The van der Waals surface area contributed by atoms with E-state index < -0.39 is 0 Å². The molecule has 0 amide bonds. The lowest BCUT2D eigenvalue weighted by Crippen LogP contribution is -2.35. The normalized spacial score (nSPS) is 16.6. The highest BCUT2D eigenvalue weighted by Gasteiger charge is 2.42. The van der Waals surface area contributed by atoms with Gasteiger partial charge in [-0.25, -0.2) is 0 Å². The Labute approximate surface area is 121 Å². The van der Waals surface area contributed by atoms with Crippen molar-refractivity contribution >= 4 is 5.82 Å². The van der Waals surface area contributed by atoms with Gasteiger partial charge in [0.25, 0.3) is 0 Å². The summed E-state index contributed by atoms with van der Waals surface area (Å²) in [4.78, 5) is 4.26. The van der Waals surface area contributed by atoms with Gasteiger partial charge in [0, 0.05) is 29.6 Å². The summed E-state index contributed by atoms with van der Waals surface area (Å²) in [5.74, 6) is 0.472. The molecule has 3 aromatic heterocycles. The first-order valence-corrected chi connectivity index (χ1v) is 7.06. The molecule has 6 heteroatoms. The smallest absolute Gasteiger partial charge is 0.145 e. The van der Waals surface area contributed by atoms with Gasteiger partial charge in [0.1, 0.15) is 11.5 Å². The number of aromatic amines is 2. The number of aromatic nitrogens is 5. The average molecular weight is 280 g/mol. The number of nitrogens with zero attached hydrogens (tertiary/aromatic N) is 3. The molecule has 4 rings (SSSR count). The Balaban J connectivity index is 1.74. The van der Waals surface area contributed by atoms with E-state index in [4.69, 9.17) is 5.73 Å². The number of nitrogens with two attached hydrogens (primary N) is 1. The molecule has 0 radical (unpaired) electrons. The Bertz CT molecular complexity index is 753. The predicted molar refractivity (Wildman–Crippen MR) is 79.4 cm³/mol. The van der Waals surface area contributed by atoms with E-state index >= 15 is 0 Å². The molecule has 0 aliphatic heterocycles. The van der Waals surface area contributed by atoms with Gasteiger partial charge in [-0.3, -0.25) is 15.2 Å². The molecule has 0 bridgehead atoms. The van der Waals surface area contributed by atoms with Crippen LogP contribution in [0.1, 0.15) is 30.5 Å². The second-order valence-electron chi connectivity index (χ2n) is 5.55. The minimum atomic E-state index is 0.0189. The van der Waals surface area contributed by atoms with Gasteiger partial charge in [0.15, 0.2) is 0 Å². The molecule has 1 aliphatic carbocycles. The molecule has 1 aliphatic rings. The lowest BCUT2D eigenvalue weighted by atomic mass is 9.63. The van der Waals surface area contributed by atoms with Gasteiger partial charge in [0.05, 0.1) is 5.69 Å². The fourth-order valence-corrected chi connectivity index (χ4v) is 3.06. The third-order valence-electron chi connectivity index (χ3n) is 4.39. The summed E-state index contributed by atoms with van der Waals surface area (Å²) in [6, 6.07) is 8.00. The van der Waals surface area contributed by atoms with E-state index in [-0.39, 0.29) is 5.41 Å².